The van der Waals surface area contributed by atoms with Crippen molar-refractivity contribution in [3.05, 3.63) is 51.9 Å². The molecule has 3 aromatic heterocycles. The summed E-state index contributed by atoms with van der Waals surface area (Å²) in [5.41, 5.74) is 2.87. The largest absolute Gasteiger partial charge is 0.356 e. The molecule has 0 aromatic carbocycles. The maximum atomic E-state index is 12.5. The molecule has 1 N–H and O–H groups in total. The number of nitrogens with zero attached hydrogens (tertiary/aromatic N) is 3. The molecule has 1 fully saturated rings. The van der Waals surface area contributed by atoms with Crippen molar-refractivity contribution in [2.75, 3.05) is 6.54 Å². The SMILES string of the molecule is Cc1cc(-c2cnc(C)nc2C2CCC(CNC(=O)[C@@H](C)Cc3cccs3)CC2)on1. The summed E-state index contributed by atoms with van der Waals surface area (Å²) in [5, 5.41) is 9.27. The number of nitrogens with one attached hydrogen (secondary N) is 1. The first-order valence-electron chi connectivity index (χ1n) is 11.1. The Morgan fingerprint density at radius 2 is 2.10 bits per heavy atom. The fourth-order valence-electron chi connectivity index (χ4n) is 4.36. The summed E-state index contributed by atoms with van der Waals surface area (Å²) in [7, 11) is 0. The summed E-state index contributed by atoms with van der Waals surface area (Å²) in [6.07, 6.45) is 6.96. The number of aromatic nitrogens is 3. The second kappa shape index (κ2) is 9.73. The Hall–Kier alpha value is -2.54. The highest BCUT2D eigenvalue weighted by molar-refractivity contribution is 7.09. The minimum atomic E-state index is 0.00639. The van der Waals surface area contributed by atoms with Crippen molar-refractivity contribution >= 4 is 17.2 Å². The predicted octanol–water partition coefficient (Wildman–Crippen LogP) is 5.08. The molecule has 31 heavy (non-hydrogen) atoms. The molecule has 1 aliphatic carbocycles. The Kier molecular flexibility index (Phi) is 6.80. The van der Waals surface area contributed by atoms with Gasteiger partial charge >= 0.3 is 0 Å². The zero-order valence-corrected chi connectivity index (χ0v) is 19.2. The molecule has 0 spiro atoms. The molecule has 0 saturated heterocycles. The number of hydrogen-bond donors (Lipinski definition) is 1. The summed E-state index contributed by atoms with van der Waals surface area (Å²) < 4.78 is 5.49. The van der Waals surface area contributed by atoms with E-state index in [1.807, 2.05) is 39.1 Å². The predicted molar refractivity (Wildman–Crippen MR) is 122 cm³/mol. The van der Waals surface area contributed by atoms with Crippen molar-refractivity contribution in [3.8, 4) is 11.3 Å². The maximum Gasteiger partial charge on any atom is 0.223 e. The normalized spacial score (nSPS) is 19.8. The van der Waals surface area contributed by atoms with E-state index in [1.54, 1.807) is 11.3 Å². The minimum absolute atomic E-state index is 0.00639. The number of rotatable bonds is 7. The molecule has 1 aliphatic rings. The molecule has 4 rings (SSSR count). The van der Waals surface area contributed by atoms with E-state index in [0.29, 0.717) is 11.8 Å². The van der Waals surface area contributed by atoms with Gasteiger partial charge < -0.3 is 9.84 Å². The van der Waals surface area contributed by atoms with E-state index < -0.39 is 0 Å². The van der Waals surface area contributed by atoms with Gasteiger partial charge in [0.1, 0.15) is 5.82 Å². The van der Waals surface area contributed by atoms with Crippen molar-refractivity contribution in [2.45, 2.75) is 58.8 Å². The molecule has 7 heteroatoms. The standard InChI is InChI=1S/C24H30N4O2S/c1-15(11-20-5-4-10-31-20)24(29)26-13-18-6-8-19(9-7-18)23-21(14-25-17(3)27-23)22-12-16(2)28-30-22/h4-5,10,12,14-15,18-19H,6-9,11,13H2,1-3H3,(H,26,29)/t15-,18?,19?/m0/s1. The van der Waals surface area contributed by atoms with Crippen LogP contribution in [0.25, 0.3) is 11.3 Å². The van der Waals surface area contributed by atoms with Crippen LogP contribution >= 0.6 is 11.3 Å². The summed E-state index contributed by atoms with van der Waals surface area (Å²) in [6.45, 7) is 6.62. The Bertz CT molecular complexity index is 1010. The average Bonchev–Trinajstić information content (AvgIpc) is 3.44. The lowest BCUT2D eigenvalue weighted by Gasteiger charge is -2.29. The zero-order chi connectivity index (χ0) is 21.8. The van der Waals surface area contributed by atoms with Crippen molar-refractivity contribution in [1.29, 1.82) is 0 Å². The monoisotopic (exact) mass is 438 g/mol. The van der Waals surface area contributed by atoms with Crippen molar-refractivity contribution in [2.24, 2.45) is 11.8 Å². The molecule has 1 atom stereocenters. The molecule has 0 unspecified atom stereocenters. The molecule has 164 valence electrons. The first-order chi connectivity index (χ1) is 15.0. The highest BCUT2D eigenvalue weighted by atomic mass is 32.1. The van der Waals surface area contributed by atoms with Gasteiger partial charge in [0, 0.05) is 35.5 Å². The third-order valence-corrected chi connectivity index (χ3v) is 7.06. The number of hydrogen-bond acceptors (Lipinski definition) is 6. The Balaban J connectivity index is 1.32. The molecule has 6 nitrogen and oxygen atoms in total. The Morgan fingerprint density at radius 3 is 2.77 bits per heavy atom. The van der Waals surface area contributed by atoms with Gasteiger partial charge in [-0.1, -0.05) is 18.1 Å². The van der Waals surface area contributed by atoms with Gasteiger partial charge in [0.2, 0.25) is 5.91 Å². The highest BCUT2D eigenvalue weighted by Gasteiger charge is 2.27. The van der Waals surface area contributed by atoms with Crippen LogP contribution in [0.1, 0.15) is 60.6 Å². The van der Waals surface area contributed by atoms with Crippen LogP contribution in [0, 0.1) is 25.7 Å². The van der Waals surface area contributed by atoms with Crippen LogP contribution in [-0.4, -0.2) is 27.6 Å². The fourth-order valence-corrected chi connectivity index (χ4v) is 5.20. The van der Waals surface area contributed by atoms with E-state index in [2.05, 4.69) is 26.9 Å². The minimum Gasteiger partial charge on any atom is -0.356 e. The van der Waals surface area contributed by atoms with E-state index in [4.69, 9.17) is 9.51 Å². The van der Waals surface area contributed by atoms with Gasteiger partial charge in [0.15, 0.2) is 5.76 Å². The van der Waals surface area contributed by atoms with Crippen molar-refractivity contribution in [3.63, 3.8) is 0 Å². The van der Waals surface area contributed by atoms with Crippen LogP contribution < -0.4 is 5.32 Å². The molecule has 0 radical (unpaired) electrons. The number of thiophene rings is 1. The smallest absolute Gasteiger partial charge is 0.223 e. The van der Waals surface area contributed by atoms with E-state index >= 15 is 0 Å². The van der Waals surface area contributed by atoms with Crippen LogP contribution in [-0.2, 0) is 11.2 Å². The summed E-state index contributed by atoms with van der Waals surface area (Å²) in [6, 6.07) is 6.08. The fraction of sp³-hybridized carbons (Fsp3) is 0.500. The van der Waals surface area contributed by atoms with Crippen LogP contribution in [0.4, 0.5) is 0 Å². The molecule has 1 saturated carbocycles. The zero-order valence-electron chi connectivity index (χ0n) is 18.4. The summed E-state index contributed by atoms with van der Waals surface area (Å²) in [5.74, 6) is 2.59. The topological polar surface area (TPSA) is 80.9 Å². The third kappa shape index (κ3) is 5.39. The van der Waals surface area contributed by atoms with Gasteiger partial charge in [0.25, 0.3) is 0 Å². The maximum absolute atomic E-state index is 12.5. The lowest BCUT2D eigenvalue weighted by Crippen LogP contribution is -2.35. The van der Waals surface area contributed by atoms with Gasteiger partial charge in [-0.15, -0.1) is 11.3 Å². The van der Waals surface area contributed by atoms with Crippen LogP contribution in [0.3, 0.4) is 0 Å². The molecule has 0 bridgehead atoms. The highest BCUT2D eigenvalue weighted by Crippen LogP contribution is 2.38. The molecule has 1 amide bonds. The van der Waals surface area contributed by atoms with Gasteiger partial charge in [-0.05, 0) is 63.3 Å². The molecule has 3 aromatic rings. The van der Waals surface area contributed by atoms with Gasteiger partial charge in [-0.2, -0.15) is 0 Å². The van der Waals surface area contributed by atoms with Crippen molar-refractivity contribution < 1.29 is 9.32 Å². The number of carbonyl (C=O) groups is 1. The lowest BCUT2D eigenvalue weighted by atomic mass is 9.79. The molecule has 0 aliphatic heterocycles. The average molecular weight is 439 g/mol. The Labute approximate surface area is 187 Å². The third-order valence-electron chi connectivity index (χ3n) is 6.17. The first kappa shape index (κ1) is 21.7. The summed E-state index contributed by atoms with van der Waals surface area (Å²) >= 11 is 1.71. The molecular formula is C24H30N4O2S. The van der Waals surface area contributed by atoms with E-state index in [0.717, 1.165) is 67.2 Å². The summed E-state index contributed by atoms with van der Waals surface area (Å²) in [4.78, 5) is 22.9. The van der Waals surface area contributed by atoms with Gasteiger partial charge in [-0.25, -0.2) is 9.97 Å². The van der Waals surface area contributed by atoms with E-state index in [9.17, 15) is 4.79 Å². The lowest BCUT2D eigenvalue weighted by molar-refractivity contribution is -0.124. The number of carbonyl (C=O) groups excluding carboxylic acids is 1. The second-order valence-corrected chi connectivity index (χ2v) is 9.73. The van der Waals surface area contributed by atoms with Crippen molar-refractivity contribution in [1.82, 2.24) is 20.4 Å². The van der Waals surface area contributed by atoms with E-state index in [1.165, 1.54) is 4.88 Å². The van der Waals surface area contributed by atoms with Gasteiger partial charge in [0.05, 0.1) is 17.0 Å². The Morgan fingerprint density at radius 1 is 1.29 bits per heavy atom. The van der Waals surface area contributed by atoms with Crippen LogP contribution in [0.15, 0.2) is 34.3 Å². The van der Waals surface area contributed by atoms with Crippen LogP contribution in [0.5, 0.6) is 0 Å². The quantitative estimate of drug-likeness (QED) is 0.556. The number of aryl methyl sites for hydroxylation is 2. The second-order valence-electron chi connectivity index (χ2n) is 8.70. The molecular weight excluding hydrogens is 408 g/mol. The first-order valence-corrected chi connectivity index (χ1v) is 11.9. The van der Waals surface area contributed by atoms with E-state index in [-0.39, 0.29) is 11.8 Å². The molecule has 3 heterocycles. The number of amides is 1. The van der Waals surface area contributed by atoms with Crippen LogP contribution in [0.2, 0.25) is 0 Å². The van der Waals surface area contributed by atoms with Gasteiger partial charge in [-0.3, -0.25) is 4.79 Å².